The maximum atomic E-state index is 12.7. The topological polar surface area (TPSA) is 66.4 Å². The molecule has 3 rings (SSSR count). The van der Waals surface area contributed by atoms with E-state index in [1.165, 1.54) is 0 Å². The van der Waals surface area contributed by atoms with Crippen LogP contribution in [0, 0.1) is 5.92 Å². The predicted molar refractivity (Wildman–Crippen MR) is 88.3 cm³/mol. The predicted octanol–water partition coefficient (Wildman–Crippen LogP) is 3.45. The van der Waals surface area contributed by atoms with E-state index in [1.807, 2.05) is 30.3 Å². The summed E-state index contributed by atoms with van der Waals surface area (Å²) in [6.45, 7) is 0. The van der Waals surface area contributed by atoms with Gasteiger partial charge in [-0.15, -0.1) is 0 Å². The molecule has 4 heteroatoms. The van der Waals surface area contributed by atoms with Gasteiger partial charge in [0.2, 0.25) is 5.91 Å². The number of carboxylic acids is 1. The van der Waals surface area contributed by atoms with E-state index < -0.39 is 5.97 Å². The van der Waals surface area contributed by atoms with E-state index in [9.17, 15) is 9.59 Å². The second kappa shape index (κ2) is 6.65. The average Bonchev–Trinajstić information content (AvgIpc) is 3.35. The van der Waals surface area contributed by atoms with Crippen molar-refractivity contribution in [3.63, 3.8) is 0 Å². The van der Waals surface area contributed by atoms with Gasteiger partial charge in [0, 0.05) is 5.69 Å². The van der Waals surface area contributed by atoms with Gasteiger partial charge in [-0.05, 0) is 42.0 Å². The molecule has 1 amide bonds. The summed E-state index contributed by atoms with van der Waals surface area (Å²) in [7, 11) is 0. The number of aliphatic carboxylic acids is 1. The molecule has 0 aromatic heterocycles. The number of amides is 1. The molecule has 23 heavy (non-hydrogen) atoms. The van der Waals surface area contributed by atoms with Crippen LogP contribution in [0.4, 0.5) is 5.69 Å². The number of carbonyl (C=O) groups excluding carboxylic acids is 1. The largest absolute Gasteiger partial charge is 0.481 e. The minimum Gasteiger partial charge on any atom is -0.481 e. The standard InChI is InChI=1S/C19H19NO3/c21-17(22)12-13-6-10-16(11-7-13)20-19(23)18(15-8-9-15)14-4-2-1-3-5-14/h1-7,10-11,15,18H,8-9,12H2,(H,20,23)(H,21,22). The normalized spacial score (nSPS) is 15.0. The van der Waals surface area contributed by atoms with Gasteiger partial charge in [-0.1, -0.05) is 42.5 Å². The van der Waals surface area contributed by atoms with Crippen LogP contribution in [0.25, 0.3) is 0 Å². The van der Waals surface area contributed by atoms with Crippen molar-refractivity contribution in [2.75, 3.05) is 5.32 Å². The van der Waals surface area contributed by atoms with Gasteiger partial charge in [-0.25, -0.2) is 0 Å². The summed E-state index contributed by atoms with van der Waals surface area (Å²) in [5.41, 5.74) is 2.47. The van der Waals surface area contributed by atoms with Crippen LogP contribution in [0.3, 0.4) is 0 Å². The highest BCUT2D eigenvalue weighted by molar-refractivity contribution is 5.96. The number of hydrogen-bond donors (Lipinski definition) is 2. The number of carbonyl (C=O) groups is 2. The molecule has 1 unspecified atom stereocenters. The summed E-state index contributed by atoms with van der Waals surface area (Å²) in [4.78, 5) is 23.3. The molecular formula is C19H19NO3. The number of carboxylic acid groups (broad SMARTS) is 1. The lowest BCUT2D eigenvalue weighted by molar-refractivity contribution is -0.136. The zero-order valence-electron chi connectivity index (χ0n) is 12.7. The summed E-state index contributed by atoms with van der Waals surface area (Å²) in [5.74, 6) is -0.553. The van der Waals surface area contributed by atoms with E-state index in [4.69, 9.17) is 5.11 Å². The molecule has 2 aromatic carbocycles. The molecule has 4 nitrogen and oxygen atoms in total. The van der Waals surface area contributed by atoms with Crippen molar-refractivity contribution in [3.8, 4) is 0 Å². The average molecular weight is 309 g/mol. The first-order valence-corrected chi connectivity index (χ1v) is 7.80. The fourth-order valence-corrected chi connectivity index (χ4v) is 2.83. The molecule has 0 bridgehead atoms. The molecule has 118 valence electrons. The Labute approximate surface area is 135 Å². The Balaban J connectivity index is 1.71. The summed E-state index contributed by atoms with van der Waals surface area (Å²) in [6.07, 6.45) is 2.16. The van der Waals surface area contributed by atoms with Crippen LogP contribution >= 0.6 is 0 Å². The van der Waals surface area contributed by atoms with Crippen molar-refractivity contribution in [2.24, 2.45) is 5.92 Å². The molecule has 1 atom stereocenters. The Morgan fingerprint density at radius 3 is 2.26 bits per heavy atom. The van der Waals surface area contributed by atoms with Crippen LogP contribution < -0.4 is 5.32 Å². The van der Waals surface area contributed by atoms with Gasteiger partial charge >= 0.3 is 5.97 Å². The van der Waals surface area contributed by atoms with Crippen molar-refractivity contribution >= 4 is 17.6 Å². The smallest absolute Gasteiger partial charge is 0.307 e. The van der Waals surface area contributed by atoms with Gasteiger partial charge < -0.3 is 10.4 Å². The van der Waals surface area contributed by atoms with E-state index in [2.05, 4.69) is 5.32 Å². The third kappa shape index (κ3) is 3.97. The summed E-state index contributed by atoms with van der Waals surface area (Å²) in [5, 5.41) is 11.7. The molecule has 0 saturated heterocycles. The van der Waals surface area contributed by atoms with E-state index in [0.29, 0.717) is 11.6 Å². The van der Waals surface area contributed by atoms with Crippen molar-refractivity contribution < 1.29 is 14.7 Å². The number of hydrogen-bond acceptors (Lipinski definition) is 2. The Morgan fingerprint density at radius 1 is 1.04 bits per heavy atom. The van der Waals surface area contributed by atoms with Crippen LogP contribution in [0.5, 0.6) is 0 Å². The molecule has 1 aliphatic carbocycles. The Kier molecular flexibility index (Phi) is 4.42. The van der Waals surface area contributed by atoms with Gasteiger partial charge in [-0.2, -0.15) is 0 Å². The minimum absolute atomic E-state index is 0.00434. The lowest BCUT2D eigenvalue weighted by Crippen LogP contribution is -2.22. The number of anilines is 1. The van der Waals surface area contributed by atoms with Crippen LogP contribution in [0.2, 0.25) is 0 Å². The van der Waals surface area contributed by atoms with Crippen molar-refractivity contribution in [2.45, 2.75) is 25.2 Å². The second-order valence-electron chi connectivity index (χ2n) is 5.98. The molecule has 0 heterocycles. The summed E-state index contributed by atoms with van der Waals surface area (Å²) < 4.78 is 0. The molecule has 0 aliphatic heterocycles. The maximum absolute atomic E-state index is 12.7. The molecule has 2 aromatic rings. The first-order valence-electron chi connectivity index (χ1n) is 7.80. The monoisotopic (exact) mass is 309 g/mol. The molecule has 1 saturated carbocycles. The van der Waals surface area contributed by atoms with Gasteiger partial charge in [0.25, 0.3) is 0 Å². The molecular weight excluding hydrogens is 290 g/mol. The number of nitrogens with one attached hydrogen (secondary N) is 1. The minimum atomic E-state index is -0.861. The van der Waals surface area contributed by atoms with Crippen LogP contribution in [0.1, 0.15) is 29.9 Å². The Bertz CT molecular complexity index is 690. The lowest BCUT2D eigenvalue weighted by Gasteiger charge is -2.17. The quantitative estimate of drug-likeness (QED) is 0.859. The van der Waals surface area contributed by atoms with Crippen LogP contribution in [-0.2, 0) is 16.0 Å². The highest BCUT2D eigenvalue weighted by Crippen LogP contribution is 2.43. The zero-order valence-corrected chi connectivity index (χ0v) is 12.7. The first-order chi connectivity index (χ1) is 11.1. The third-order valence-corrected chi connectivity index (χ3v) is 4.11. The van der Waals surface area contributed by atoms with Crippen molar-refractivity contribution in [3.05, 3.63) is 65.7 Å². The fraction of sp³-hybridized carbons (Fsp3) is 0.263. The third-order valence-electron chi connectivity index (χ3n) is 4.11. The van der Waals surface area contributed by atoms with E-state index in [1.54, 1.807) is 24.3 Å². The van der Waals surface area contributed by atoms with E-state index in [-0.39, 0.29) is 18.2 Å². The fourth-order valence-electron chi connectivity index (χ4n) is 2.83. The van der Waals surface area contributed by atoms with Gasteiger partial charge in [0.1, 0.15) is 0 Å². The van der Waals surface area contributed by atoms with Gasteiger partial charge in [0.05, 0.1) is 12.3 Å². The molecule has 0 radical (unpaired) electrons. The van der Waals surface area contributed by atoms with Gasteiger partial charge in [0.15, 0.2) is 0 Å². The molecule has 0 spiro atoms. The van der Waals surface area contributed by atoms with Crippen LogP contribution in [-0.4, -0.2) is 17.0 Å². The molecule has 2 N–H and O–H groups in total. The van der Waals surface area contributed by atoms with Crippen LogP contribution in [0.15, 0.2) is 54.6 Å². The van der Waals surface area contributed by atoms with Gasteiger partial charge in [-0.3, -0.25) is 9.59 Å². The number of rotatable bonds is 6. The lowest BCUT2D eigenvalue weighted by atomic mass is 9.93. The molecule has 1 fully saturated rings. The maximum Gasteiger partial charge on any atom is 0.307 e. The highest BCUT2D eigenvalue weighted by Gasteiger charge is 2.37. The summed E-state index contributed by atoms with van der Waals surface area (Å²) in [6, 6.07) is 16.8. The summed E-state index contributed by atoms with van der Waals surface area (Å²) >= 11 is 0. The number of benzene rings is 2. The van der Waals surface area contributed by atoms with E-state index in [0.717, 1.165) is 24.0 Å². The zero-order chi connectivity index (χ0) is 16.2. The Morgan fingerprint density at radius 2 is 1.70 bits per heavy atom. The van der Waals surface area contributed by atoms with E-state index >= 15 is 0 Å². The van der Waals surface area contributed by atoms with Crippen molar-refractivity contribution in [1.29, 1.82) is 0 Å². The molecule has 1 aliphatic rings. The highest BCUT2D eigenvalue weighted by atomic mass is 16.4. The van der Waals surface area contributed by atoms with Crippen molar-refractivity contribution in [1.82, 2.24) is 0 Å². The Hall–Kier alpha value is -2.62. The SMILES string of the molecule is O=C(O)Cc1ccc(NC(=O)C(c2ccccc2)C2CC2)cc1. The first kappa shape index (κ1) is 15.3. The second-order valence-corrected chi connectivity index (χ2v) is 5.98.